The van der Waals surface area contributed by atoms with Crippen LogP contribution >= 0.6 is 11.6 Å². The van der Waals surface area contributed by atoms with Gasteiger partial charge in [0, 0.05) is 10.7 Å². The van der Waals surface area contributed by atoms with Crippen LogP contribution in [-0.2, 0) is 4.79 Å². The maximum Gasteiger partial charge on any atom is 0.335 e. The lowest BCUT2D eigenvalue weighted by molar-refractivity contribution is -0.122. The van der Waals surface area contributed by atoms with Crippen molar-refractivity contribution in [3.05, 3.63) is 58.1 Å². The van der Waals surface area contributed by atoms with Gasteiger partial charge in [-0.25, -0.2) is 9.59 Å². The third-order valence-electron chi connectivity index (χ3n) is 3.50. The van der Waals surface area contributed by atoms with E-state index in [0.29, 0.717) is 10.8 Å². The van der Waals surface area contributed by atoms with Crippen LogP contribution in [0.1, 0.15) is 33.2 Å². The number of carboxylic acids is 2. The van der Waals surface area contributed by atoms with Gasteiger partial charge in [-0.3, -0.25) is 4.79 Å². The topological polar surface area (TPSA) is 113 Å². The van der Waals surface area contributed by atoms with Gasteiger partial charge in [0.15, 0.2) is 6.10 Å². The minimum Gasteiger partial charge on any atom is -0.481 e. The van der Waals surface area contributed by atoms with Crippen LogP contribution in [0.2, 0.25) is 5.02 Å². The Morgan fingerprint density at radius 3 is 2.12 bits per heavy atom. The van der Waals surface area contributed by atoms with E-state index in [-0.39, 0.29) is 16.8 Å². The molecule has 3 N–H and O–H groups in total. The predicted octanol–water partition coefficient (Wildman–Crippen LogP) is 3.45. The van der Waals surface area contributed by atoms with Gasteiger partial charge >= 0.3 is 11.9 Å². The van der Waals surface area contributed by atoms with Gasteiger partial charge in [0.2, 0.25) is 0 Å². The molecule has 2 aromatic rings. The Morgan fingerprint density at radius 1 is 1.04 bits per heavy atom. The SMILES string of the molecule is Cc1cc(Cl)ccc1O[C@@H](C)C(=O)Nc1cc(C(=O)O)cc(C(=O)O)c1. The molecule has 0 unspecified atom stereocenters. The molecule has 0 bridgehead atoms. The smallest absolute Gasteiger partial charge is 0.335 e. The van der Waals surface area contributed by atoms with E-state index in [2.05, 4.69) is 5.32 Å². The zero-order chi connectivity index (χ0) is 19.4. The zero-order valence-electron chi connectivity index (χ0n) is 13.9. The van der Waals surface area contributed by atoms with E-state index >= 15 is 0 Å². The molecule has 0 aliphatic rings. The first-order chi connectivity index (χ1) is 12.2. The van der Waals surface area contributed by atoms with Crippen molar-refractivity contribution in [1.29, 1.82) is 0 Å². The van der Waals surface area contributed by atoms with Gasteiger partial charge in [0.05, 0.1) is 11.1 Å². The molecule has 0 spiro atoms. The van der Waals surface area contributed by atoms with E-state index in [4.69, 9.17) is 26.6 Å². The van der Waals surface area contributed by atoms with Gasteiger partial charge in [0.1, 0.15) is 5.75 Å². The number of aryl methyl sites for hydroxylation is 1. The number of hydrogen-bond donors (Lipinski definition) is 3. The number of aromatic carboxylic acids is 2. The number of carbonyl (C=O) groups is 3. The zero-order valence-corrected chi connectivity index (χ0v) is 14.7. The van der Waals surface area contributed by atoms with Gasteiger partial charge in [-0.15, -0.1) is 0 Å². The molecule has 2 aromatic carbocycles. The molecule has 8 heteroatoms. The first-order valence-corrected chi connectivity index (χ1v) is 7.90. The summed E-state index contributed by atoms with van der Waals surface area (Å²) in [5.41, 5.74) is 0.304. The van der Waals surface area contributed by atoms with Crippen LogP contribution < -0.4 is 10.1 Å². The number of nitrogens with one attached hydrogen (secondary N) is 1. The maximum atomic E-state index is 12.3. The van der Waals surface area contributed by atoms with Crippen LogP contribution in [-0.4, -0.2) is 34.2 Å². The van der Waals surface area contributed by atoms with E-state index in [9.17, 15) is 14.4 Å². The van der Waals surface area contributed by atoms with E-state index in [1.807, 2.05) is 0 Å². The van der Waals surface area contributed by atoms with Gasteiger partial charge in [-0.05, 0) is 55.8 Å². The molecule has 0 aromatic heterocycles. The Hall–Kier alpha value is -3.06. The number of halogens is 1. The maximum absolute atomic E-state index is 12.3. The van der Waals surface area contributed by atoms with Crippen LogP contribution in [0.15, 0.2) is 36.4 Å². The monoisotopic (exact) mass is 377 g/mol. The van der Waals surface area contributed by atoms with Crippen molar-refractivity contribution in [1.82, 2.24) is 0 Å². The van der Waals surface area contributed by atoms with Crippen LogP contribution in [0, 0.1) is 6.92 Å². The quantitative estimate of drug-likeness (QED) is 0.710. The molecule has 0 saturated heterocycles. The summed E-state index contributed by atoms with van der Waals surface area (Å²) in [6.45, 7) is 3.30. The van der Waals surface area contributed by atoms with Crippen molar-refractivity contribution < 1.29 is 29.3 Å². The number of carboxylic acid groups (broad SMARTS) is 2. The number of benzene rings is 2. The minimum absolute atomic E-state index is 0.0515. The molecule has 0 aliphatic carbocycles. The summed E-state index contributed by atoms with van der Waals surface area (Å²) in [6, 6.07) is 8.31. The number of hydrogen-bond acceptors (Lipinski definition) is 4. The molecule has 0 aliphatic heterocycles. The number of ether oxygens (including phenoxy) is 1. The average Bonchev–Trinajstić information content (AvgIpc) is 2.56. The first kappa shape index (κ1) is 19.3. The molecule has 0 radical (unpaired) electrons. The number of carbonyl (C=O) groups excluding carboxylic acids is 1. The van der Waals surface area contributed by atoms with Crippen LogP contribution in [0.4, 0.5) is 5.69 Å². The van der Waals surface area contributed by atoms with E-state index in [1.54, 1.807) is 25.1 Å². The fourth-order valence-corrected chi connectivity index (χ4v) is 2.41. The van der Waals surface area contributed by atoms with Crippen molar-refractivity contribution in [2.45, 2.75) is 20.0 Å². The van der Waals surface area contributed by atoms with Crippen molar-refractivity contribution in [2.75, 3.05) is 5.32 Å². The molecule has 0 saturated carbocycles. The Balaban J connectivity index is 2.17. The Bertz CT molecular complexity index is 848. The highest BCUT2D eigenvalue weighted by atomic mass is 35.5. The molecule has 0 heterocycles. The van der Waals surface area contributed by atoms with Crippen LogP contribution in [0.3, 0.4) is 0 Å². The molecule has 7 nitrogen and oxygen atoms in total. The van der Waals surface area contributed by atoms with Crippen molar-refractivity contribution in [3.8, 4) is 5.75 Å². The highest BCUT2D eigenvalue weighted by Crippen LogP contribution is 2.23. The number of anilines is 1. The summed E-state index contributed by atoms with van der Waals surface area (Å²) in [6.07, 6.45) is -0.906. The van der Waals surface area contributed by atoms with E-state index < -0.39 is 23.9 Å². The van der Waals surface area contributed by atoms with Crippen LogP contribution in [0.5, 0.6) is 5.75 Å². The fraction of sp³-hybridized carbons (Fsp3) is 0.167. The normalized spacial score (nSPS) is 11.5. The number of rotatable bonds is 6. The van der Waals surface area contributed by atoms with Gasteiger partial charge in [0.25, 0.3) is 5.91 Å². The van der Waals surface area contributed by atoms with Crippen molar-refractivity contribution in [3.63, 3.8) is 0 Å². The summed E-state index contributed by atoms with van der Waals surface area (Å²) >= 11 is 5.87. The highest BCUT2D eigenvalue weighted by molar-refractivity contribution is 6.30. The lowest BCUT2D eigenvalue weighted by Crippen LogP contribution is -2.30. The lowest BCUT2D eigenvalue weighted by Gasteiger charge is -2.17. The Morgan fingerprint density at radius 2 is 1.62 bits per heavy atom. The van der Waals surface area contributed by atoms with Gasteiger partial charge < -0.3 is 20.3 Å². The van der Waals surface area contributed by atoms with Crippen LogP contribution in [0.25, 0.3) is 0 Å². The summed E-state index contributed by atoms with van der Waals surface area (Å²) < 4.78 is 5.59. The van der Waals surface area contributed by atoms with E-state index in [0.717, 1.165) is 11.6 Å². The third-order valence-corrected chi connectivity index (χ3v) is 3.74. The average molecular weight is 378 g/mol. The summed E-state index contributed by atoms with van der Waals surface area (Å²) in [5, 5.41) is 21.1. The first-order valence-electron chi connectivity index (χ1n) is 7.52. The lowest BCUT2D eigenvalue weighted by atomic mass is 10.1. The number of amides is 1. The molecule has 1 atom stereocenters. The molecular formula is C18H16ClNO6. The second kappa shape index (κ2) is 7.88. The standard InChI is InChI=1S/C18H16ClNO6/c1-9-5-13(19)3-4-15(9)26-10(2)16(21)20-14-7-11(17(22)23)6-12(8-14)18(24)25/h3-8,10H,1-2H3,(H,20,21)(H,22,23)(H,24,25)/t10-/m0/s1. The molecule has 26 heavy (non-hydrogen) atoms. The Kier molecular flexibility index (Phi) is 5.84. The molecule has 136 valence electrons. The summed E-state index contributed by atoms with van der Waals surface area (Å²) in [7, 11) is 0. The minimum atomic E-state index is -1.30. The van der Waals surface area contributed by atoms with Gasteiger partial charge in [-0.2, -0.15) is 0 Å². The summed E-state index contributed by atoms with van der Waals surface area (Å²) in [4.78, 5) is 34.5. The Labute approximate surface area is 154 Å². The molecular weight excluding hydrogens is 362 g/mol. The largest absolute Gasteiger partial charge is 0.481 e. The van der Waals surface area contributed by atoms with Crippen molar-refractivity contribution in [2.24, 2.45) is 0 Å². The summed E-state index contributed by atoms with van der Waals surface area (Å²) in [5.74, 6) is -2.69. The third kappa shape index (κ3) is 4.73. The fourth-order valence-electron chi connectivity index (χ4n) is 2.18. The van der Waals surface area contributed by atoms with E-state index in [1.165, 1.54) is 19.1 Å². The second-order valence-electron chi connectivity index (χ2n) is 5.57. The highest BCUT2D eigenvalue weighted by Gasteiger charge is 2.18. The second-order valence-corrected chi connectivity index (χ2v) is 6.00. The molecule has 1 amide bonds. The predicted molar refractivity (Wildman–Crippen MR) is 95.3 cm³/mol. The molecule has 2 rings (SSSR count). The molecule has 0 fully saturated rings. The van der Waals surface area contributed by atoms with Gasteiger partial charge in [-0.1, -0.05) is 11.6 Å². The van der Waals surface area contributed by atoms with Crippen molar-refractivity contribution >= 4 is 35.1 Å².